The molecular formula is C50H93NO4. The molecule has 3 unspecified atom stereocenters. The number of amides is 1. The number of hydrogen-bond donors (Lipinski definition) is 4. The predicted octanol–water partition coefficient (Wildman–Crippen LogP) is 14.1. The molecule has 0 spiro atoms. The van der Waals surface area contributed by atoms with Crippen LogP contribution in [0.5, 0.6) is 0 Å². The SMILES string of the molecule is CCCCCCCCCCC/C=C\CCCCCCCC(O)CC(=O)NC(CO)C(O)/C=C/CC/C=C/CC/C=C/CCCCCCCCCCCCCC. The summed E-state index contributed by atoms with van der Waals surface area (Å²) in [4.78, 5) is 12.5. The molecule has 55 heavy (non-hydrogen) atoms. The molecule has 5 heteroatoms. The van der Waals surface area contributed by atoms with E-state index in [0.717, 1.165) is 51.4 Å². The van der Waals surface area contributed by atoms with E-state index >= 15 is 0 Å². The van der Waals surface area contributed by atoms with Crippen LogP contribution in [0.3, 0.4) is 0 Å². The molecule has 0 saturated carbocycles. The Hall–Kier alpha value is -1.69. The molecule has 0 aromatic heterocycles. The van der Waals surface area contributed by atoms with Crippen molar-refractivity contribution in [1.82, 2.24) is 5.32 Å². The molecule has 322 valence electrons. The van der Waals surface area contributed by atoms with Gasteiger partial charge in [0.05, 0.1) is 31.3 Å². The molecular weight excluding hydrogens is 679 g/mol. The minimum Gasteiger partial charge on any atom is -0.394 e. The van der Waals surface area contributed by atoms with Crippen LogP contribution in [0.4, 0.5) is 0 Å². The van der Waals surface area contributed by atoms with Crippen LogP contribution in [0, 0.1) is 0 Å². The lowest BCUT2D eigenvalue weighted by Gasteiger charge is -2.20. The van der Waals surface area contributed by atoms with Gasteiger partial charge in [0, 0.05) is 0 Å². The van der Waals surface area contributed by atoms with Gasteiger partial charge in [-0.1, -0.05) is 210 Å². The van der Waals surface area contributed by atoms with Gasteiger partial charge in [0.25, 0.3) is 0 Å². The van der Waals surface area contributed by atoms with Crippen LogP contribution in [-0.2, 0) is 4.79 Å². The fourth-order valence-corrected chi connectivity index (χ4v) is 7.13. The number of allylic oxidation sites excluding steroid dienone is 7. The molecule has 0 saturated heterocycles. The summed E-state index contributed by atoms with van der Waals surface area (Å²) in [7, 11) is 0. The van der Waals surface area contributed by atoms with Crippen molar-refractivity contribution in [3.05, 3.63) is 48.6 Å². The molecule has 0 radical (unpaired) electrons. The van der Waals surface area contributed by atoms with E-state index in [1.165, 1.54) is 161 Å². The van der Waals surface area contributed by atoms with Gasteiger partial charge in [-0.2, -0.15) is 0 Å². The third-order valence-electron chi connectivity index (χ3n) is 10.8. The summed E-state index contributed by atoms with van der Waals surface area (Å²) >= 11 is 0. The fourth-order valence-electron chi connectivity index (χ4n) is 7.13. The lowest BCUT2D eigenvalue weighted by molar-refractivity contribution is -0.124. The summed E-state index contributed by atoms with van der Waals surface area (Å²) in [5.41, 5.74) is 0. The highest BCUT2D eigenvalue weighted by molar-refractivity contribution is 5.76. The van der Waals surface area contributed by atoms with E-state index in [1.807, 2.05) is 6.08 Å². The first-order valence-electron chi connectivity index (χ1n) is 23.9. The van der Waals surface area contributed by atoms with Crippen molar-refractivity contribution in [2.45, 2.75) is 257 Å². The van der Waals surface area contributed by atoms with Crippen LogP contribution in [0.2, 0.25) is 0 Å². The Labute approximate surface area is 342 Å². The molecule has 0 bridgehead atoms. The first-order chi connectivity index (χ1) is 27.0. The van der Waals surface area contributed by atoms with Crippen LogP contribution >= 0.6 is 0 Å². The lowest BCUT2D eigenvalue weighted by Crippen LogP contribution is -2.45. The zero-order valence-electron chi connectivity index (χ0n) is 36.6. The van der Waals surface area contributed by atoms with E-state index in [0.29, 0.717) is 6.42 Å². The second-order valence-corrected chi connectivity index (χ2v) is 16.3. The van der Waals surface area contributed by atoms with Gasteiger partial charge < -0.3 is 20.6 Å². The van der Waals surface area contributed by atoms with E-state index in [9.17, 15) is 20.1 Å². The molecule has 5 nitrogen and oxygen atoms in total. The summed E-state index contributed by atoms with van der Waals surface area (Å²) < 4.78 is 0. The minimum absolute atomic E-state index is 0.00390. The van der Waals surface area contributed by atoms with Gasteiger partial charge in [-0.15, -0.1) is 0 Å². The third-order valence-corrected chi connectivity index (χ3v) is 10.8. The summed E-state index contributed by atoms with van der Waals surface area (Å²) in [5, 5.41) is 33.3. The normalized spacial score (nSPS) is 13.9. The van der Waals surface area contributed by atoms with Crippen LogP contribution in [0.1, 0.15) is 239 Å². The van der Waals surface area contributed by atoms with E-state index in [-0.39, 0.29) is 18.9 Å². The number of rotatable bonds is 43. The summed E-state index contributed by atoms with van der Waals surface area (Å²) in [6, 6.07) is -0.771. The number of nitrogens with one attached hydrogen (secondary N) is 1. The van der Waals surface area contributed by atoms with E-state index in [4.69, 9.17) is 0 Å². The van der Waals surface area contributed by atoms with Gasteiger partial charge in [-0.05, 0) is 70.6 Å². The second-order valence-electron chi connectivity index (χ2n) is 16.3. The number of aliphatic hydroxyl groups excluding tert-OH is 3. The molecule has 0 aliphatic carbocycles. The van der Waals surface area contributed by atoms with Gasteiger partial charge in [0.1, 0.15) is 0 Å². The second kappa shape index (κ2) is 45.0. The van der Waals surface area contributed by atoms with Crippen LogP contribution in [0.15, 0.2) is 48.6 Å². The Morgan fingerprint density at radius 2 is 0.782 bits per heavy atom. The summed E-state index contributed by atoms with van der Waals surface area (Å²) in [6.45, 7) is 4.20. The average Bonchev–Trinajstić information content (AvgIpc) is 3.18. The summed E-state index contributed by atoms with van der Waals surface area (Å²) in [5.74, 6) is -0.334. The lowest BCUT2D eigenvalue weighted by atomic mass is 10.0. The van der Waals surface area contributed by atoms with Crippen molar-refractivity contribution < 1.29 is 20.1 Å². The third kappa shape index (κ3) is 41.8. The smallest absolute Gasteiger partial charge is 0.222 e. The maximum atomic E-state index is 12.5. The Balaban J connectivity index is 3.73. The number of unbranched alkanes of at least 4 members (excludes halogenated alkanes) is 28. The molecule has 0 aliphatic rings. The number of carbonyl (C=O) groups is 1. The molecule has 0 heterocycles. The Kier molecular flexibility index (Phi) is 43.6. The molecule has 0 aromatic rings. The van der Waals surface area contributed by atoms with Gasteiger partial charge in [0.2, 0.25) is 5.91 Å². The summed E-state index contributed by atoms with van der Waals surface area (Å²) in [6.07, 6.45) is 58.4. The van der Waals surface area contributed by atoms with Crippen molar-refractivity contribution in [2.24, 2.45) is 0 Å². The number of hydrogen-bond acceptors (Lipinski definition) is 4. The predicted molar refractivity (Wildman–Crippen MR) is 241 cm³/mol. The zero-order valence-corrected chi connectivity index (χ0v) is 36.6. The highest BCUT2D eigenvalue weighted by Gasteiger charge is 2.20. The molecule has 0 aromatic carbocycles. The van der Waals surface area contributed by atoms with E-state index in [2.05, 4.69) is 55.6 Å². The van der Waals surface area contributed by atoms with Gasteiger partial charge in [-0.3, -0.25) is 4.79 Å². The molecule has 0 fully saturated rings. The maximum Gasteiger partial charge on any atom is 0.222 e. The van der Waals surface area contributed by atoms with Crippen LogP contribution in [0.25, 0.3) is 0 Å². The Morgan fingerprint density at radius 3 is 1.16 bits per heavy atom. The topological polar surface area (TPSA) is 89.8 Å². The first kappa shape index (κ1) is 53.3. The van der Waals surface area contributed by atoms with E-state index < -0.39 is 18.2 Å². The average molecular weight is 772 g/mol. The highest BCUT2D eigenvalue weighted by atomic mass is 16.3. The van der Waals surface area contributed by atoms with Crippen LogP contribution in [-0.4, -0.2) is 46.1 Å². The largest absolute Gasteiger partial charge is 0.394 e. The molecule has 0 aliphatic heterocycles. The van der Waals surface area contributed by atoms with Crippen molar-refractivity contribution >= 4 is 5.91 Å². The van der Waals surface area contributed by atoms with Crippen LogP contribution < -0.4 is 5.32 Å². The molecule has 1 amide bonds. The van der Waals surface area contributed by atoms with Gasteiger partial charge >= 0.3 is 0 Å². The highest BCUT2D eigenvalue weighted by Crippen LogP contribution is 2.15. The quantitative estimate of drug-likeness (QED) is 0.0367. The molecule has 0 rings (SSSR count). The standard InChI is InChI=1S/C50H93NO4/c1-3-5-7-9-11-13-15-17-19-21-23-24-25-26-28-30-32-34-36-38-40-42-44-49(54)48(46-52)51-50(55)45-47(53)43-41-39-37-35-33-31-29-27-22-20-18-16-14-12-10-8-6-4-2/h26-29,34,36,42,44,47-49,52-54H,3-25,30-33,35,37-41,43,45-46H2,1-2H3,(H,51,55)/b28-26+,29-27-,36-34+,44-42+. The maximum absolute atomic E-state index is 12.5. The Morgan fingerprint density at radius 1 is 0.455 bits per heavy atom. The molecule has 4 N–H and O–H groups in total. The van der Waals surface area contributed by atoms with Crippen molar-refractivity contribution in [2.75, 3.05) is 6.61 Å². The van der Waals surface area contributed by atoms with Gasteiger partial charge in [-0.25, -0.2) is 0 Å². The molecule has 3 atom stereocenters. The Bertz CT molecular complexity index is 896. The number of aliphatic hydroxyl groups is 3. The zero-order chi connectivity index (χ0) is 40.1. The van der Waals surface area contributed by atoms with Crippen molar-refractivity contribution in [3.63, 3.8) is 0 Å². The van der Waals surface area contributed by atoms with Crippen molar-refractivity contribution in [1.29, 1.82) is 0 Å². The van der Waals surface area contributed by atoms with E-state index in [1.54, 1.807) is 6.08 Å². The van der Waals surface area contributed by atoms with Gasteiger partial charge in [0.15, 0.2) is 0 Å². The fraction of sp³-hybridized carbons (Fsp3) is 0.820. The number of carbonyl (C=O) groups excluding carboxylic acids is 1. The minimum atomic E-state index is -0.963. The first-order valence-corrected chi connectivity index (χ1v) is 23.9. The van der Waals surface area contributed by atoms with Crippen molar-refractivity contribution in [3.8, 4) is 0 Å². The monoisotopic (exact) mass is 772 g/mol.